The first-order chi connectivity index (χ1) is 23.8. The van der Waals surface area contributed by atoms with E-state index in [2.05, 4.69) is 196 Å². The fraction of sp³-hybridized carbons (Fsp3) is 0.125. The van der Waals surface area contributed by atoms with Crippen molar-refractivity contribution in [3.8, 4) is 44.5 Å². The molecule has 7 aromatic carbocycles. The summed E-state index contributed by atoms with van der Waals surface area (Å²) in [5, 5.41) is 0. The van der Waals surface area contributed by atoms with Crippen LogP contribution in [0, 0.1) is 0 Å². The molecule has 0 aromatic heterocycles. The normalized spacial score (nSPS) is 14.4. The number of fused-ring (bicyclic) bond motifs is 6. The number of hydrogen-bond acceptors (Lipinski definition) is 1. The van der Waals surface area contributed by atoms with Gasteiger partial charge < -0.3 is 4.90 Å². The van der Waals surface area contributed by atoms with E-state index in [9.17, 15) is 0 Å². The molecule has 0 bridgehead atoms. The highest BCUT2D eigenvalue weighted by atomic mass is 15.1. The van der Waals surface area contributed by atoms with Gasteiger partial charge in [0.15, 0.2) is 0 Å². The van der Waals surface area contributed by atoms with E-state index >= 15 is 0 Å². The molecule has 0 fully saturated rings. The Morgan fingerprint density at radius 2 is 0.714 bits per heavy atom. The Balaban J connectivity index is 1.21. The molecule has 0 atom stereocenters. The quantitative estimate of drug-likeness (QED) is 0.183. The highest BCUT2D eigenvalue weighted by Gasteiger charge is 2.37. The van der Waals surface area contributed by atoms with Gasteiger partial charge in [0.2, 0.25) is 0 Å². The summed E-state index contributed by atoms with van der Waals surface area (Å²) in [6.45, 7) is 9.45. The Morgan fingerprint density at radius 3 is 1.29 bits per heavy atom. The largest absolute Gasteiger partial charge is 0.310 e. The van der Waals surface area contributed by atoms with Gasteiger partial charge in [0, 0.05) is 27.9 Å². The average Bonchev–Trinajstić information content (AvgIpc) is 3.51. The van der Waals surface area contributed by atoms with Gasteiger partial charge in [0.1, 0.15) is 0 Å². The summed E-state index contributed by atoms with van der Waals surface area (Å²) in [7, 11) is 0. The predicted octanol–water partition coefficient (Wildman–Crippen LogP) is 13.1. The predicted molar refractivity (Wildman–Crippen MR) is 207 cm³/mol. The number of anilines is 3. The Hall–Kier alpha value is -5.66. The molecule has 0 aliphatic heterocycles. The van der Waals surface area contributed by atoms with Crippen molar-refractivity contribution in [2.45, 2.75) is 38.5 Å². The zero-order chi connectivity index (χ0) is 33.3. The molecular weight excluding hydrogens is 591 g/mol. The van der Waals surface area contributed by atoms with Crippen molar-refractivity contribution in [3.05, 3.63) is 186 Å². The van der Waals surface area contributed by atoms with Crippen LogP contribution >= 0.6 is 0 Å². The van der Waals surface area contributed by atoms with Gasteiger partial charge in [-0.05, 0) is 109 Å². The molecule has 0 unspecified atom stereocenters. The summed E-state index contributed by atoms with van der Waals surface area (Å²) in [6.07, 6.45) is 0. The summed E-state index contributed by atoms with van der Waals surface area (Å²) in [4.78, 5) is 2.46. The lowest BCUT2D eigenvalue weighted by Gasteiger charge is -2.30. The van der Waals surface area contributed by atoms with E-state index in [1.807, 2.05) is 0 Å². The van der Waals surface area contributed by atoms with Gasteiger partial charge in [-0.1, -0.05) is 149 Å². The standard InChI is InChI=1S/C48H39N/c1-47(2)43-22-10-8-20-39(43)41-26-24-37(30-45(41)47)49(38-25-27-42-40-21-9-11-23-44(40)48(3,4)46(42)31-38)36-19-13-18-35(29-36)34-17-12-16-33(28-34)32-14-6-5-7-15-32/h5-31H,1-4H3. The topological polar surface area (TPSA) is 3.24 Å². The molecule has 49 heavy (non-hydrogen) atoms. The fourth-order valence-electron chi connectivity index (χ4n) is 8.44. The highest BCUT2D eigenvalue weighted by molar-refractivity contribution is 5.89. The lowest BCUT2D eigenvalue weighted by atomic mass is 9.82. The second kappa shape index (κ2) is 10.9. The molecular formula is C48H39N. The number of hydrogen-bond donors (Lipinski definition) is 0. The van der Waals surface area contributed by atoms with Crippen molar-refractivity contribution in [2.24, 2.45) is 0 Å². The molecule has 0 amide bonds. The second-order valence-electron chi connectivity index (χ2n) is 14.6. The van der Waals surface area contributed by atoms with E-state index in [4.69, 9.17) is 0 Å². The molecule has 0 radical (unpaired) electrons. The van der Waals surface area contributed by atoms with Crippen LogP contribution in [0.2, 0.25) is 0 Å². The first-order valence-corrected chi connectivity index (χ1v) is 17.4. The summed E-state index contributed by atoms with van der Waals surface area (Å²) in [5.74, 6) is 0. The maximum Gasteiger partial charge on any atom is 0.0467 e. The molecule has 9 rings (SSSR count). The molecule has 2 aliphatic rings. The minimum absolute atomic E-state index is 0.0884. The molecule has 1 nitrogen and oxygen atoms in total. The lowest BCUT2D eigenvalue weighted by Crippen LogP contribution is -2.18. The maximum absolute atomic E-state index is 2.46. The van der Waals surface area contributed by atoms with E-state index in [0.29, 0.717) is 0 Å². The molecule has 0 saturated heterocycles. The van der Waals surface area contributed by atoms with E-state index in [0.717, 1.165) is 5.69 Å². The zero-order valence-electron chi connectivity index (χ0n) is 28.5. The smallest absolute Gasteiger partial charge is 0.0467 e. The molecule has 0 heterocycles. The average molecular weight is 630 g/mol. The van der Waals surface area contributed by atoms with Gasteiger partial charge in [-0.2, -0.15) is 0 Å². The van der Waals surface area contributed by atoms with Crippen molar-refractivity contribution in [1.82, 2.24) is 0 Å². The number of nitrogens with zero attached hydrogens (tertiary/aromatic N) is 1. The highest BCUT2D eigenvalue weighted by Crippen LogP contribution is 2.53. The van der Waals surface area contributed by atoms with Crippen LogP contribution in [0.15, 0.2) is 164 Å². The van der Waals surface area contributed by atoms with Crippen LogP contribution in [0.4, 0.5) is 17.1 Å². The van der Waals surface area contributed by atoms with E-state index in [-0.39, 0.29) is 10.8 Å². The fourth-order valence-corrected chi connectivity index (χ4v) is 8.44. The van der Waals surface area contributed by atoms with Gasteiger partial charge in [-0.15, -0.1) is 0 Å². The maximum atomic E-state index is 2.46. The molecule has 0 N–H and O–H groups in total. The van der Waals surface area contributed by atoms with Crippen molar-refractivity contribution in [3.63, 3.8) is 0 Å². The van der Waals surface area contributed by atoms with Gasteiger partial charge in [-0.3, -0.25) is 0 Å². The van der Waals surface area contributed by atoms with Crippen molar-refractivity contribution >= 4 is 17.1 Å². The van der Waals surface area contributed by atoms with E-state index < -0.39 is 0 Å². The monoisotopic (exact) mass is 629 g/mol. The third kappa shape index (κ3) is 4.60. The minimum atomic E-state index is -0.0884. The second-order valence-corrected chi connectivity index (χ2v) is 14.6. The van der Waals surface area contributed by atoms with Gasteiger partial charge in [0.25, 0.3) is 0 Å². The third-order valence-corrected chi connectivity index (χ3v) is 11.1. The molecule has 1 heteroatoms. The van der Waals surface area contributed by atoms with Crippen LogP contribution in [0.25, 0.3) is 44.5 Å². The molecule has 7 aromatic rings. The molecule has 236 valence electrons. The summed E-state index contributed by atoms with van der Waals surface area (Å²) >= 11 is 0. The number of rotatable bonds is 5. The van der Waals surface area contributed by atoms with Crippen LogP contribution in [0.3, 0.4) is 0 Å². The van der Waals surface area contributed by atoms with Crippen molar-refractivity contribution < 1.29 is 0 Å². The van der Waals surface area contributed by atoms with Gasteiger partial charge in [-0.25, -0.2) is 0 Å². The Kier molecular flexibility index (Phi) is 6.58. The first kappa shape index (κ1) is 29.5. The van der Waals surface area contributed by atoms with Crippen LogP contribution in [0.5, 0.6) is 0 Å². The third-order valence-electron chi connectivity index (χ3n) is 11.1. The molecule has 0 spiro atoms. The molecule has 2 aliphatic carbocycles. The SMILES string of the molecule is CC1(C)c2ccccc2-c2ccc(N(c3cccc(-c4cccc(-c5ccccc5)c4)c3)c3ccc4c(c3)C(C)(C)c3ccccc3-4)cc21. The first-order valence-electron chi connectivity index (χ1n) is 17.4. The summed E-state index contributed by atoms with van der Waals surface area (Å²) in [5.41, 5.74) is 19.1. The van der Waals surface area contributed by atoms with Crippen molar-refractivity contribution in [1.29, 1.82) is 0 Å². The van der Waals surface area contributed by atoms with Crippen LogP contribution in [0.1, 0.15) is 49.9 Å². The van der Waals surface area contributed by atoms with E-state index in [1.165, 1.54) is 78.1 Å². The Bertz CT molecular complexity index is 2290. The van der Waals surface area contributed by atoms with Crippen molar-refractivity contribution in [2.75, 3.05) is 4.90 Å². The Labute approximate surface area is 290 Å². The summed E-state index contributed by atoms with van der Waals surface area (Å²) < 4.78 is 0. The lowest BCUT2D eigenvalue weighted by molar-refractivity contribution is 0.660. The summed E-state index contributed by atoms with van der Waals surface area (Å²) in [6, 6.07) is 60.5. The van der Waals surface area contributed by atoms with Crippen LogP contribution in [-0.4, -0.2) is 0 Å². The Morgan fingerprint density at radius 1 is 0.306 bits per heavy atom. The van der Waals surface area contributed by atoms with Crippen LogP contribution in [-0.2, 0) is 10.8 Å². The minimum Gasteiger partial charge on any atom is -0.310 e. The van der Waals surface area contributed by atoms with E-state index in [1.54, 1.807) is 0 Å². The number of benzene rings is 7. The van der Waals surface area contributed by atoms with Gasteiger partial charge in [0.05, 0.1) is 0 Å². The molecule has 0 saturated carbocycles. The van der Waals surface area contributed by atoms with Gasteiger partial charge >= 0.3 is 0 Å². The zero-order valence-corrected chi connectivity index (χ0v) is 28.5. The van der Waals surface area contributed by atoms with Crippen LogP contribution < -0.4 is 4.90 Å².